The van der Waals surface area contributed by atoms with Gasteiger partial charge in [0, 0.05) is 6.04 Å². The second kappa shape index (κ2) is 6.74. The maximum atomic E-state index is 5.87. The number of benzene rings is 1. The molecule has 1 saturated heterocycles. The van der Waals surface area contributed by atoms with E-state index in [0.29, 0.717) is 37.6 Å². The summed E-state index contributed by atoms with van der Waals surface area (Å²) in [6, 6.07) is 10.6. The van der Waals surface area contributed by atoms with Gasteiger partial charge >= 0.3 is 0 Å². The number of ether oxygens (including phenoxy) is 2. The highest BCUT2D eigenvalue weighted by molar-refractivity contribution is 7.13. The number of hydrogen-bond donors (Lipinski definition) is 0. The lowest BCUT2D eigenvalue weighted by molar-refractivity contribution is 0.170. The molecule has 0 radical (unpaired) electrons. The molecule has 1 aromatic carbocycles. The maximum Gasteiger partial charge on any atom is 0.257 e. The van der Waals surface area contributed by atoms with Crippen molar-refractivity contribution in [3.8, 4) is 22.3 Å². The standard InChI is InChI=1S/C19H19N3O3S/c1-3-14(13-5-6-15-16(11-13)24-9-8-23-15)22(7-1)12-18-20-21-19(25-18)17-4-2-10-26-17/h2,4-6,10-11,14H,1,3,7-9,12H2. The normalized spacial score (nSPS) is 19.8. The summed E-state index contributed by atoms with van der Waals surface area (Å²) in [7, 11) is 0. The third-order valence-corrected chi connectivity index (χ3v) is 5.71. The predicted octanol–water partition coefficient (Wildman–Crippen LogP) is 3.91. The van der Waals surface area contributed by atoms with Crippen LogP contribution >= 0.6 is 11.3 Å². The zero-order valence-electron chi connectivity index (χ0n) is 14.3. The van der Waals surface area contributed by atoms with Crippen molar-refractivity contribution in [2.45, 2.75) is 25.4 Å². The maximum absolute atomic E-state index is 5.87. The quantitative estimate of drug-likeness (QED) is 0.695. The molecule has 7 heteroatoms. The van der Waals surface area contributed by atoms with Gasteiger partial charge in [-0.3, -0.25) is 4.90 Å². The van der Waals surface area contributed by atoms with Crippen molar-refractivity contribution in [3.63, 3.8) is 0 Å². The lowest BCUT2D eigenvalue weighted by atomic mass is 10.0. The summed E-state index contributed by atoms with van der Waals surface area (Å²) >= 11 is 1.61. The number of nitrogens with zero attached hydrogens (tertiary/aromatic N) is 3. The number of likely N-dealkylation sites (tertiary alicyclic amines) is 1. The van der Waals surface area contributed by atoms with E-state index in [-0.39, 0.29) is 0 Å². The van der Waals surface area contributed by atoms with Gasteiger partial charge in [-0.05, 0) is 48.5 Å². The molecule has 4 heterocycles. The predicted molar refractivity (Wildman–Crippen MR) is 97.4 cm³/mol. The van der Waals surface area contributed by atoms with Crippen LogP contribution in [-0.2, 0) is 6.54 Å². The van der Waals surface area contributed by atoms with Gasteiger partial charge in [0.25, 0.3) is 5.89 Å². The number of aromatic nitrogens is 2. The summed E-state index contributed by atoms with van der Waals surface area (Å²) in [5.74, 6) is 2.95. The molecule has 5 rings (SSSR count). The van der Waals surface area contributed by atoms with Gasteiger partial charge in [-0.15, -0.1) is 21.5 Å². The fourth-order valence-corrected chi connectivity index (χ4v) is 4.30. The monoisotopic (exact) mass is 369 g/mol. The molecule has 1 fully saturated rings. The van der Waals surface area contributed by atoms with Gasteiger partial charge in [-0.25, -0.2) is 0 Å². The summed E-state index contributed by atoms with van der Waals surface area (Å²) in [4.78, 5) is 3.41. The van der Waals surface area contributed by atoms with Gasteiger partial charge in [-0.2, -0.15) is 0 Å². The van der Waals surface area contributed by atoms with Crippen LogP contribution in [0.2, 0.25) is 0 Å². The second-order valence-corrected chi connectivity index (χ2v) is 7.46. The topological polar surface area (TPSA) is 60.6 Å². The first kappa shape index (κ1) is 15.8. The van der Waals surface area contributed by atoms with Crippen LogP contribution in [0.1, 0.15) is 30.3 Å². The van der Waals surface area contributed by atoms with Crippen LogP contribution in [0, 0.1) is 0 Å². The van der Waals surface area contributed by atoms with Gasteiger partial charge in [0.15, 0.2) is 11.5 Å². The van der Waals surface area contributed by atoms with Crippen LogP contribution in [0.3, 0.4) is 0 Å². The molecule has 2 aliphatic heterocycles. The molecule has 3 aromatic rings. The van der Waals surface area contributed by atoms with Gasteiger partial charge in [0.1, 0.15) is 13.2 Å². The molecule has 0 spiro atoms. The highest BCUT2D eigenvalue weighted by Crippen LogP contribution is 2.38. The van der Waals surface area contributed by atoms with E-state index in [1.165, 1.54) is 5.56 Å². The van der Waals surface area contributed by atoms with E-state index in [1.807, 2.05) is 23.6 Å². The third-order valence-electron chi connectivity index (χ3n) is 4.85. The van der Waals surface area contributed by atoms with Gasteiger partial charge in [-0.1, -0.05) is 12.1 Å². The van der Waals surface area contributed by atoms with Crippen molar-refractivity contribution < 1.29 is 13.9 Å². The molecule has 0 aliphatic carbocycles. The van der Waals surface area contributed by atoms with Crippen LogP contribution in [0.25, 0.3) is 10.8 Å². The fraction of sp³-hybridized carbons (Fsp3) is 0.368. The molecule has 0 N–H and O–H groups in total. The van der Waals surface area contributed by atoms with Crippen molar-refractivity contribution in [3.05, 3.63) is 47.2 Å². The Morgan fingerprint density at radius 3 is 2.92 bits per heavy atom. The molecule has 2 aromatic heterocycles. The summed E-state index contributed by atoms with van der Waals surface area (Å²) in [5, 5.41) is 10.4. The molecule has 134 valence electrons. The van der Waals surface area contributed by atoms with Crippen molar-refractivity contribution in [2.24, 2.45) is 0 Å². The zero-order chi connectivity index (χ0) is 17.3. The Labute approximate surface area is 155 Å². The third kappa shape index (κ3) is 2.97. The molecule has 1 unspecified atom stereocenters. The molecule has 1 atom stereocenters. The van der Waals surface area contributed by atoms with Gasteiger partial charge < -0.3 is 13.9 Å². The molecule has 0 amide bonds. The smallest absolute Gasteiger partial charge is 0.257 e. The fourth-order valence-electron chi connectivity index (χ4n) is 3.65. The van der Waals surface area contributed by atoms with E-state index in [1.54, 1.807) is 11.3 Å². The molecule has 6 nitrogen and oxygen atoms in total. The van der Waals surface area contributed by atoms with Crippen LogP contribution in [0.5, 0.6) is 11.5 Å². The molecular formula is C19H19N3O3S. The summed E-state index contributed by atoms with van der Waals surface area (Å²) < 4.78 is 17.2. The summed E-state index contributed by atoms with van der Waals surface area (Å²) in [6.45, 7) is 2.91. The van der Waals surface area contributed by atoms with Crippen molar-refractivity contribution in [2.75, 3.05) is 19.8 Å². The first-order valence-electron chi connectivity index (χ1n) is 8.87. The molecular weight excluding hydrogens is 350 g/mol. The first-order chi connectivity index (χ1) is 12.9. The van der Waals surface area contributed by atoms with Crippen molar-refractivity contribution in [1.29, 1.82) is 0 Å². The highest BCUT2D eigenvalue weighted by Gasteiger charge is 2.28. The molecule has 0 bridgehead atoms. The SMILES string of the molecule is c1csc(-c2nnc(CN3CCCC3c3ccc4c(c3)OCCO4)o2)c1. The van der Waals surface area contributed by atoms with Crippen LogP contribution in [0.15, 0.2) is 40.1 Å². The number of thiophene rings is 1. The minimum atomic E-state index is 0.336. The van der Waals surface area contributed by atoms with E-state index in [2.05, 4.69) is 27.2 Å². The highest BCUT2D eigenvalue weighted by atomic mass is 32.1. The minimum Gasteiger partial charge on any atom is -0.486 e. The van der Waals surface area contributed by atoms with E-state index in [0.717, 1.165) is 35.8 Å². The lowest BCUT2D eigenvalue weighted by Crippen LogP contribution is -2.23. The number of rotatable bonds is 4. The van der Waals surface area contributed by atoms with Crippen molar-refractivity contribution in [1.82, 2.24) is 15.1 Å². The Balaban J connectivity index is 1.34. The Morgan fingerprint density at radius 2 is 2.04 bits per heavy atom. The average Bonchev–Trinajstić information content (AvgIpc) is 3.43. The van der Waals surface area contributed by atoms with Gasteiger partial charge in [0.2, 0.25) is 5.89 Å². The van der Waals surface area contributed by atoms with Gasteiger partial charge in [0.05, 0.1) is 11.4 Å². The van der Waals surface area contributed by atoms with E-state index >= 15 is 0 Å². The van der Waals surface area contributed by atoms with E-state index < -0.39 is 0 Å². The van der Waals surface area contributed by atoms with E-state index in [9.17, 15) is 0 Å². The van der Waals surface area contributed by atoms with Crippen molar-refractivity contribution >= 4 is 11.3 Å². The van der Waals surface area contributed by atoms with Crippen LogP contribution < -0.4 is 9.47 Å². The van der Waals surface area contributed by atoms with Crippen LogP contribution in [0.4, 0.5) is 0 Å². The number of hydrogen-bond acceptors (Lipinski definition) is 7. The summed E-state index contributed by atoms with van der Waals surface area (Å²) in [5.41, 5.74) is 1.25. The lowest BCUT2D eigenvalue weighted by Gasteiger charge is -2.25. The first-order valence-corrected chi connectivity index (χ1v) is 9.75. The Hall–Kier alpha value is -2.38. The zero-order valence-corrected chi connectivity index (χ0v) is 15.1. The Kier molecular flexibility index (Phi) is 4.10. The Bertz CT molecular complexity index is 893. The average molecular weight is 369 g/mol. The van der Waals surface area contributed by atoms with E-state index in [4.69, 9.17) is 13.9 Å². The molecule has 2 aliphatic rings. The molecule has 26 heavy (non-hydrogen) atoms. The second-order valence-electron chi connectivity index (χ2n) is 6.51. The minimum absolute atomic E-state index is 0.336. The largest absolute Gasteiger partial charge is 0.486 e. The summed E-state index contributed by atoms with van der Waals surface area (Å²) in [6.07, 6.45) is 2.27. The number of fused-ring (bicyclic) bond motifs is 1. The van der Waals surface area contributed by atoms with Crippen LogP contribution in [-0.4, -0.2) is 34.9 Å². The Morgan fingerprint density at radius 1 is 1.12 bits per heavy atom. The molecule has 0 saturated carbocycles.